The minimum Gasteiger partial charge on any atom is -0.481 e. The number of carboxylic acid groups (broad SMARTS) is 1. The van der Waals surface area contributed by atoms with Crippen LogP contribution in [-0.4, -0.2) is 49.6 Å². The van der Waals surface area contributed by atoms with Crippen molar-refractivity contribution in [3.05, 3.63) is 0 Å². The van der Waals surface area contributed by atoms with Crippen LogP contribution in [0.1, 0.15) is 40.5 Å². The Labute approximate surface area is 126 Å². The molecule has 0 radical (unpaired) electrons. The van der Waals surface area contributed by atoms with Gasteiger partial charge in [-0.2, -0.15) is 0 Å². The van der Waals surface area contributed by atoms with Crippen molar-refractivity contribution in [1.82, 2.24) is 10.6 Å². The summed E-state index contributed by atoms with van der Waals surface area (Å²) in [6, 6.07) is -1.60. The number of nitrogens with one attached hydrogen (secondary N) is 2. The lowest BCUT2D eigenvalue weighted by Crippen LogP contribution is -2.48. The van der Waals surface area contributed by atoms with Crippen LogP contribution in [0.2, 0.25) is 0 Å². The number of carbonyl (C=O) groups excluding carboxylic acids is 1. The molecule has 0 saturated heterocycles. The largest absolute Gasteiger partial charge is 0.481 e. The van der Waals surface area contributed by atoms with Crippen molar-refractivity contribution in [2.24, 2.45) is 5.41 Å². The molecule has 0 fully saturated rings. The first-order valence-electron chi connectivity index (χ1n) is 6.75. The van der Waals surface area contributed by atoms with E-state index in [0.29, 0.717) is 6.42 Å². The lowest BCUT2D eigenvalue weighted by atomic mass is 9.87. The summed E-state index contributed by atoms with van der Waals surface area (Å²) < 4.78 is 22.3. The second-order valence-corrected chi connectivity index (χ2v) is 8.86. The van der Waals surface area contributed by atoms with E-state index in [1.54, 1.807) is 6.92 Å². The van der Waals surface area contributed by atoms with E-state index in [0.717, 1.165) is 6.26 Å². The van der Waals surface area contributed by atoms with Crippen LogP contribution in [0, 0.1) is 5.41 Å². The number of carbonyl (C=O) groups is 2. The highest BCUT2D eigenvalue weighted by Crippen LogP contribution is 2.22. The summed E-state index contributed by atoms with van der Waals surface area (Å²) in [5, 5.41) is 14.0. The van der Waals surface area contributed by atoms with E-state index in [-0.39, 0.29) is 17.6 Å². The Hall–Kier alpha value is -1.31. The predicted octanol–water partition coefficient (Wildman–Crippen LogP) is 0.998. The molecule has 0 aliphatic heterocycles. The molecule has 2 amide bonds. The van der Waals surface area contributed by atoms with Crippen LogP contribution in [0.25, 0.3) is 0 Å². The number of sulfone groups is 1. The van der Waals surface area contributed by atoms with E-state index in [1.807, 2.05) is 20.8 Å². The minimum atomic E-state index is -3.18. The number of urea groups is 1. The SMILES string of the molecule is CC(CS(C)(=O)=O)NC(=O)NC(CC(=O)O)CC(C)(C)C. The van der Waals surface area contributed by atoms with Crippen molar-refractivity contribution in [1.29, 1.82) is 0 Å². The standard InChI is InChI=1S/C13H26N2O5S/c1-9(8-21(5,19)20)14-12(18)15-10(6-11(16)17)7-13(2,3)4/h9-10H,6-8H2,1-5H3,(H,16,17)(H2,14,15,18). The van der Waals surface area contributed by atoms with Crippen LogP contribution in [0.15, 0.2) is 0 Å². The topological polar surface area (TPSA) is 113 Å². The van der Waals surface area contributed by atoms with Crippen molar-refractivity contribution < 1.29 is 23.1 Å². The Kier molecular flexibility index (Phi) is 7.15. The number of carboxylic acids is 1. The highest BCUT2D eigenvalue weighted by molar-refractivity contribution is 7.90. The number of hydrogen-bond donors (Lipinski definition) is 3. The molecule has 2 atom stereocenters. The first-order chi connectivity index (χ1) is 9.28. The maximum absolute atomic E-state index is 11.8. The van der Waals surface area contributed by atoms with Gasteiger partial charge in [0, 0.05) is 18.3 Å². The zero-order chi connectivity index (χ0) is 16.8. The molecular formula is C13H26N2O5S. The molecule has 0 rings (SSSR count). The second kappa shape index (κ2) is 7.63. The molecule has 0 aliphatic rings. The third kappa shape index (κ3) is 12.2. The summed E-state index contributed by atoms with van der Waals surface area (Å²) in [6.07, 6.45) is 1.42. The highest BCUT2D eigenvalue weighted by Gasteiger charge is 2.23. The van der Waals surface area contributed by atoms with Crippen LogP contribution in [0.5, 0.6) is 0 Å². The first-order valence-corrected chi connectivity index (χ1v) is 8.81. The van der Waals surface area contributed by atoms with Gasteiger partial charge < -0.3 is 15.7 Å². The van der Waals surface area contributed by atoms with Crippen LogP contribution in [-0.2, 0) is 14.6 Å². The van der Waals surface area contributed by atoms with Crippen LogP contribution in [0.3, 0.4) is 0 Å². The number of hydrogen-bond acceptors (Lipinski definition) is 4. The third-order valence-corrected chi connectivity index (χ3v) is 3.65. The van der Waals surface area contributed by atoms with Crippen molar-refractivity contribution in [3.63, 3.8) is 0 Å². The van der Waals surface area contributed by atoms with Gasteiger partial charge in [-0.05, 0) is 18.8 Å². The van der Waals surface area contributed by atoms with E-state index in [1.165, 1.54) is 0 Å². The van der Waals surface area contributed by atoms with Crippen LogP contribution >= 0.6 is 0 Å². The molecule has 0 aromatic rings. The van der Waals surface area contributed by atoms with E-state index in [9.17, 15) is 18.0 Å². The van der Waals surface area contributed by atoms with Gasteiger partial charge in [-0.1, -0.05) is 20.8 Å². The molecule has 0 heterocycles. The van der Waals surface area contributed by atoms with Gasteiger partial charge in [-0.25, -0.2) is 13.2 Å². The van der Waals surface area contributed by atoms with Gasteiger partial charge in [0.05, 0.1) is 12.2 Å². The zero-order valence-corrected chi connectivity index (χ0v) is 14.1. The molecule has 3 N–H and O–H groups in total. The highest BCUT2D eigenvalue weighted by atomic mass is 32.2. The molecule has 124 valence electrons. The maximum Gasteiger partial charge on any atom is 0.315 e. The minimum absolute atomic E-state index is 0.133. The van der Waals surface area contributed by atoms with Crippen LogP contribution in [0.4, 0.5) is 4.79 Å². The average Bonchev–Trinajstić information content (AvgIpc) is 2.07. The Morgan fingerprint density at radius 1 is 1.19 bits per heavy atom. The summed E-state index contributed by atoms with van der Waals surface area (Å²) in [5.41, 5.74) is -0.133. The fraction of sp³-hybridized carbons (Fsp3) is 0.846. The molecule has 0 bridgehead atoms. The molecule has 7 nitrogen and oxygen atoms in total. The molecule has 0 aromatic heterocycles. The summed E-state index contributed by atoms with van der Waals surface area (Å²) in [4.78, 5) is 22.6. The van der Waals surface area contributed by atoms with Crippen molar-refractivity contribution in [2.75, 3.05) is 12.0 Å². The molecule has 0 saturated carbocycles. The number of rotatable bonds is 7. The molecule has 8 heteroatoms. The van der Waals surface area contributed by atoms with Gasteiger partial charge in [-0.15, -0.1) is 0 Å². The van der Waals surface area contributed by atoms with Crippen molar-refractivity contribution >= 4 is 21.8 Å². The molecule has 2 unspecified atom stereocenters. The van der Waals surface area contributed by atoms with Crippen molar-refractivity contribution in [3.8, 4) is 0 Å². The lowest BCUT2D eigenvalue weighted by Gasteiger charge is -2.26. The van der Waals surface area contributed by atoms with Crippen molar-refractivity contribution in [2.45, 2.75) is 52.6 Å². The van der Waals surface area contributed by atoms with Gasteiger partial charge in [0.1, 0.15) is 9.84 Å². The fourth-order valence-electron chi connectivity index (χ4n) is 2.07. The third-order valence-electron chi connectivity index (χ3n) is 2.55. The maximum atomic E-state index is 11.8. The number of aliphatic carboxylic acids is 1. The van der Waals surface area contributed by atoms with Gasteiger partial charge >= 0.3 is 12.0 Å². The van der Waals surface area contributed by atoms with E-state index >= 15 is 0 Å². The Bertz CT molecular complexity index is 467. The smallest absolute Gasteiger partial charge is 0.315 e. The van der Waals surface area contributed by atoms with Gasteiger partial charge in [0.2, 0.25) is 0 Å². The molecule has 0 spiro atoms. The molecule has 0 aliphatic carbocycles. The van der Waals surface area contributed by atoms with Gasteiger partial charge in [0.15, 0.2) is 0 Å². The quantitative estimate of drug-likeness (QED) is 0.647. The summed E-state index contributed by atoms with van der Waals surface area (Å²) in [7, 11) is -3.18. The Morgan fingerprint density at radius 3 is 2.10 bits per heavy atom. The monoisotopic (exact) mass is 322 g/mol. The Morgan fingerprint density at radius 2 is 1.71 bits per heavy atom. The van der Waals surface area contributed by atoms with Gasteiger partial charge in [-0.3, -0.25) is 4.79 Å². The number of amides is 2. The zero-order valence-electron chi connectivity index (χ0n) is 13.3. The summed E-state index contributed by atoms with van der Waals surface area (Å²) in [5.74, 6) is -1.16. The molecular weight excluding hydrogens is 296 g/mol. The lowest BCUT2D eigenvalue weighted by molar-refractivity contribution is -0.137. The normalized spacial score (nSPS) is 15.1. The van der Waals surface area contributed by atoms with Crippen LogP contribution < -0.4 is 10.6 Å². The summed E-state index contributed by atoms with van der Waals surface area (Å²) >= 11 is 0. The predicted molar refractivity (Wildman–Crippen MR) is 81.0 cm³/mol. The first kappa shape index (κ1) is 19.7. The van der Waals surface area contributed by atoms with Gasteiger partial charge in [0.25, 0.3) is 0 Å². The fourth-order valence-corrected chi connectivity index (χ4v) is 3.06. The molecule has 21 heavy (non-hydrogen) atoms. The second-order valence-electron chi connectivity index (χ2n) is 6.67. The Balaban J connectivity index is 4.56. The average molecular weight is 322 g/mol. The van der Waals surface area contributed by atoms with E-state index in [2.05, 4.69) is 10.6 Å². The summed E-state index contributed by atoms with van der Waals surface area (Å²) in [6.45, 7) is 7.44. The van der Waals surface area contributed by atoms with E-state index < -0.39 is 33.9 Å². The molecule has 0 aromatic carbocycles. The van der Waals surface area contributed by atoms with E-state index in [4.69, 9.17) is 5.11 Å².